The second-order valence-electron chi connectivity index (χ2n) is 5.64. The molecule has 1 aliphatic heterocycles. The van der Waals surface area contributed by atoms with Crippen LogP contribution in [0.1, 0.15) is 25.0 Å². The fraction of sp³-hybridized carbons (Fsp3) is 0.571. The molecule has 1 fully saturated rings. The van der Waals surface area contributed by atoms with Crippen molar-refractivity contribution in [1.82, 2.24) is 9.62 Å². The lowest BCUT2D eigenvalue weighted by atomic mass is 10.1. The number of hydrogen-bond acceptors (Lipinski definition) is 3. The molecule has 4 nitrogen and oxygen atoms in total. The summed E-state index contributed by atoms with van der Waals surface area (Å²) in [4.78, 5) is 0. The summed E-state index contributed by atoms with van der Waals surface area (Å²) in [7, 11) is -3.81. The molecule has 0 aromatic heterocycles. The first-order valence-electron chi connectivity index (χ1n) is 6.99. The molecule has 124 valence electrons. The second kappa shape index (κ2) is 6.17. The third-order valence-electron chi connectivity index (χ3n) is 3.73. The number of rotatable bonds is 3. The fourth-order valence-corrected chi connectivity index (χ4v) is 4.46. The molecule has 0 amide bonds. The highest BCUT2D eigenvalue weighted by molar-refractivity contribution is 7.88. The van der Waals surface area contributed by atoms with E-state index >= 15 is 0 Å². The van der Waals surface area contributed by atoms with Crippen LogP contribution in [-0.2, 0) is 22.0 Å². The van der Waals surface area contributed by atoms with Crippen LogP contribution in [0, 0.1) is 0 Å². The molecule has 2 atom stereocenters. The molecule has 1 heterocycles. The van der Waals surface area contributed by atoms with Crippen LogP contribution >= 0.6 is 0 Å². The van der Waals surface area contributed by atoms with Crippen molar-refractivity contribution in [1.29, 1.82) is 0 Å². The van der Waals surface area contributed by atoms with Gasteiger partial charge in [0.1, 0.15) is 0 Å². The summed E-state index contributed by atoms with van der Waals surface area (Å²) < 4.78 is 65.3. The van der Waals surface area contributed by atoms with Gasteiger partial charge in [-0.3, -0.25) is 0 Å². The van der Waals surface area contributed by atoms with E-state index in [1.54, 1.807) is 6.92 Å². The smallest absolute Gasteiger partial charge is 0.311 e. The van der Waals surface area contributed by atoms with Gasteiger partial charge in [0, 0.05) is 25.2 Å². The first-order chi connectivity index (χ1) is 10.1. The van der Waals surface area contributed by atoms with Crippen LogP contribution in [0.15, 0.2) is 24.3 Å². The molecular weight excluding hydrogens is 317 g/mol. The Labute approximate surface area is 128 Å². The van der Waals surface area contributed by atoms with Crippen LogP contribution in [-0.4, -0.2) is 37.9 Å². The highest BCUT2D eigenvalue weighted by Crippen LogP contribution is 2.33. The molecule has 1 N–H and O–H groups in total. The first-order valence-corrected chi connectivity index (χ1v) is 8.60. The first kappa shape index (κ1) is 17.2. The predicted molar refractivity (Wildman–Crippen MR) is 77.7 cm³/mol. The number of alkyl halides is 3. The van der Waals surface area contributed by atoms with Gasteiger partial charge in [0.2, 0.25) is 10.0 Å². The summed E-state index contributed by atoms with van der Waals surface area (Å²) in [5.74, 6) is -0.639. The van der Waals surface area contributed by atoms with Crippen LogP contribution in [0.2, 0.25) is 0 Å². The normalized spacial score (nSPS) is 24.4. The Morgan fingerprint density at radius 3 is 2.55 bits per heavy atom. The second-order valence-corrected chi connectivity index (χ2v) is 7.56. The van der Waals surface area contributed by atoms with Crippen LogP contribution < -0.4 is 5.32 Å². The molecule has 2 rings (SSSR count). The molecule has 2 unspecified atom stereocenters. The molecule has 0 radical (unpaired) electrons. The maximum Gasteiger partial charge on any atom is 0.416 e. The molecule has 1 saturated heterocycles. The summed E-state index contributed by atoms with van der Waals surface area (Å²) in [5, 5.41) is 3.15. The lowest BCUT2D eigenvalue weighted by Crippen LogP contribution is -2.56. The molecule has 0 bridgehead atoms. The van der Waals surface area contributed by atoms with Crippen LogP contribution in [0.4, 0.5) is 13.2 Å². The molecule has 8 heteroatoms. The van der Waals surface area contributed by atoms with Gasteiger partial charge >= 0.3 is 6.18 Å². The van der Waals surface area contributed by atoms with Gasteiger partial charge in [0.05, 0.1) is 11.3 Å². The Balaban J connectivity index is 2.30. The van der Waals surface area contributed by atoms with Gasteiger partial charge in [0.25, 0.3) is 0 Å². The van der Waals surface area contributed by atoms with E-state index in [-0.39, 0.29) is 24.2 Å². The topological polar surface area (TPSA) is 49.4 Å². The van der Waals surface area contributed by atoms with E-state index in [4.69, 9.17) is 0 Å². The van der Waals surface area contributed by atoms with Crippen LogP contribution in [0.5, 0.6) is 0 Å². The van der Waals surface area contributed by atoms with E-state index in [9.17, 15) is 21.6 Å². The number of halogens is 3. The monoisotopic (exact) mass is 336 g/mol. The zero-order valence-corrected chi connectivity index (χ0v) is 13.2. The van der Waals surface area contributed by atoms with Gasteiger partial charge in [-0.05, 0) is 25.5 Å². The molecular formula is C14H19F3N2O2S. The van der Waals surface area contributed by atoms with Crippen LogP contribution in [0.25, 0.3) is 0 Å². The standard InChI is InChI=1S/C14H19F3N2O2S/c1-10-8-19(11(2)7-18-10)22(20,21)9-12-5-3-4-6-13(12)14(15,16)17/h3-6,10-11,18H,7-9H2,1-2H3. The van der Waals surface area contributed by atoms with Crippen molar-refractivity contribution in [2.75, 3.05) is 13.1 Å². The SMILES string of the molecule is CC1CN(S(=O)(=O)Cc2ccccc2C(F)(F)F)C(C)CN1. The van der Waals surface area contributed by atoms with E-state index in [1.165, 1.54) is 22.5 Å². The summed E-state index contributed by atoms with van der Waals surface area (Å²) in [6.45, 7) is 4.34. The average Bonchev–Trinajstić information content (AvgIpc) is 2.40. The van der Waals surface area contributed by atoms with Crippen molar-refractivity contribution in [3.8, 4) is 0 Å². The third-order valence-corrected chi connectivity index (χ3v) is 5.62. The minimum atomic E-state index is -4.56. The Morgan fingerprint density at radius 1 is 1.27 bits per heavy atom. The van der Waals surface area contributed by atoms with E-state index in [2.05, 4.69) is 5.32 Å². The van der Waals surface area contributed by atoms with Gasteiger partial charge < -0.3 is 5.32 Å². The summed E-state index contributed by atoms with van der Waals surface area (Å²) >= 11 is 0. The minimum absolute atomic E-state index is 0.0242. The number of benzene rings is 1. The fourth-order valence-electron chi connectivity index (χ4n) is 2.58. The Hall–Kier alpha value is -1.12. The summed E-state index contributed by atoms with van der Waals surface area (Å²) in [6, 6.07) is 4.51. The Bertz CT molecular complexity index is 631. The van der Waals surface area contributed by atoms with E-state index in [1.807, 2.05) is 6.92 Å². The van der Waals surface area contributed by atoms with Crippen molar-refractivity contribution in [2.45, 2.75) is 37.9 Å². The lowest BCUT2D eigenvalue weighted by Gasteiger charge is -2.36. The van der Waals surface area contributed by atoms with Crippen molar-refractivity contribution in [3.05, 3.63) is 35.4 Å². The maximum absolute atomic E-state index is 13.0. The third kappa shape index (κ3) is 3.80. The van der Waals surface area contributed by atoms with E-state index in [0.717, 1.165) is 6.07 Å². The van der Waals surface area contributed by atoms with Gasteiger partial charge in [-0.1, -0.05) is 18.2 Å². The zero-order chi connectivity index (χ0) is 16.5. The quantitative estimate of drug-likeness (QED) is 0.921. The number of hydrogen-bond donors (Lipinski definition) is 1. The van der Waals surface area contributed by atoms with Crippen molar-refractivity contribution in [2.24, 2.45) is 0 Å². The minimum Gasteiger partial charge on any atom is -0.311 e. The molecule has 1 aliphatic rings. The molecule has 1 aromatic carbocycles. The molecule has 0 saturated carbocycles. The van der Waals surface area contributed by atoms with Crippen LogP contribution in [0.3, 0.4) is 0 Å². The number of nitrogens with zero attached hydrogens (tertiary/aromatic N) is 1. The number of sulfonamides is 1. The average molecular weight is 336 g/mol. The van der Waals surface area contributed by atoms with Gasteiger partial charge in [-0.2, -0.15) is 17.5 Å². The van der Waals surface area contributed by atoms with E-state index < -0.39 is 27.5 Å². The number of piperazine rings is 1. The van der Waals surface area contributed by atoms with E-state index in [0.29, 0.717) is 6.54 Å². The summed E-state index contributed by atoms with van der Waals surface area (Å²) in [5.41, 5.74) is -1.11. The van der Waals surface area contributed by atoms with Crippen molar-refractivity contribution < 1.29 is 21.6 Å². The Morgan fingerprint density at radius 2 is 1.91 bits per heavy atom. The molecule has 0 spiro atoms. The van der Waals surface area contributed by atoms with Crippen molar-refractivity contribution in [3.63, 3.8) is 0 Å². The van der Waals surface area contributed by atoms with Gasteiger partial charge in [0.15, 0.2) is 0 Å². The van der Waals surface area contributed by atoms with Gasteiger partial charge in [-0.25, -0.2) is 8.42 Å². The Kier molecular flexibility index (Phi) is 4.84. The predicted octanol–water partition coefficient (Wildman–Crippen LogP) is 2.22. The number of nitrogens with one attached hydrogen (secondary N) is 1. The lowest BCUT2D eigenvalue weighted by molar-refractivity contribution is -0.138. The molecule has 1 aromatic rings. The summed E-state index contributed by atoms with van der Waals surface area (Å²) in [6.07, 6.45) is -4.56. The molecule has 22 heavy (non-hydrogen) atoms. The molecule has 0 aliphatic carbocycles. The largest absolute Gasteiger partial charge is 0.416 e. The van der Waals surface area contributed by atoms with Crippen molar-refractivity contribution >= 4 is 10.0 Å². The zero-order valence-electron chi connectivity index (χ0n) is 12.4. The maximum atomic E-state index is 13.0. The highest BCUT2D eigenvalue weighted by atomic mass is 32.2. The highest BCUT2D eigenvalue weighted by Gasteiger charge is 2.37. The van der Waals surface area contributed by atoms with Gasteiger partial charge in [-0.15, -0.1) is 0 Å².